The van der Waals surface area contributed by atoms with Gasteiger partial charge in [0.2, 0.25) is 10.0 Å². The molecule has 1 rings (SSSR count). The summed E-state index contributed by atoms with van der Waals surface area (Å²) in [4.78, 5) is 2.19. The second-order valence-corrected chi connectivity index (χ2v) is 7.03. The van der Waals surface area contributed by atoms with Crippen molar-refractivity contribution >= 4 is 15.7 Å². The van der Waals surface area contributed by atoms with Crippen molar-refractivity contribution in [3.63, 3.8) is 0 Å². The van der Waals surface area contributed by atoms with Crippen LogP contribution in [-0.4, -0.2) is 53.7 Å². The van der Waals surface area contributed by atoms with Crippen molar-refractivity contribution in [3.05, 3.63) is 23.3 Å². The van der Waals surface area contributed by atoms with Crippen LogP contribution in [0, 0.1) is 13.8 Å². The Labute approximate surface area is 127 Å². The number of rotatable bonds is 8. The highest BCUT2D eigenvalue weighted by Crippen LogP contribution is 2.21. The van der Waals surface area contributed by atoms with E-state index in [1.807, 2.05) is 32.8 Å². The van der Waals surface area contributed by atoms with Crippen molar-refractivity contribution in [3.8, 4) is 0 Å². The SMILES string of the molecule is Cc1cc(S(=O)(=O)NCCOCCN(C)C)cc(N)c1C. The maximum Gasteiger partial charge on any atom is 0.240 e. The fourth-order valence-electron chi connectivity index (χ4n) is 1.69. The van der Waals surface area contributed by atoms with E-state index in [4.69, 9.17) is 10.5 Å². The molecule has 0 heterocycles. The molecule has 7 heteroatoms. The first-order valence-electron chi connectivity index (χ1n) is 6.83. The lowest BCUT2D eigenvalue weighted by Gasteiger charge is -2.12. The molecule has 0 saturated carbocycles. The monoisotopic (exact) mass is 315 g/mol. The first-order chi connectivity index (χ1) is 9.74. The molecular formula is C14H25N3O3S. The van der Waals surface area contributed by atoms with Gasteiger partial charge in [-0.15, -0.1) is 0 Å². The number of hydrogen-bond donors (Lipinski definition) is 2. The number of benzene rings is 1. The van der Waals surface area contributed by atoms with Gasteiger partial charge in [-0.3, -0.25) is 0 Å². The van der Waals surface area contributed by atoms with Gasteiger partial charge in [-0.25, -0.2) is 13.1 Å². The highest BCUT2D eigenvalue weighted by atomic mass is 32.2. The summed E-state index contributed by atoms with van der Waals surface area (Å²) in [5.41, 5.74) is 8.07. The first-order valence-corrected chi connectivity index (χ1v) is 8.31. The topological polar surface area (TPSA) is 84.7 Å². The van der Waals surface area contributed by atoms with Gasteiger partial charge in [0.15, 0.2) is 0 Å². The summed E-state index contributed by atoms with van der Waals surface area (Å²) in [6.45, 7) is 5.67. The first kappa shape index (κ1) is 17.9. The molecule has 3 N–H and O–H groups in total. The second-order valence-electron chi connectivity index (χ2n) is 5.27. The smallest absolute Gasteiger partial charge is 0.240 e. The Morgan fingerprint density at radius 1 is 1.24 bits per heavy atom. The Balaban J connectivity index is 2.54. The van der Waals surface area contributed by atoms with E-state index in [2.05, 4.69) is 4.72 Å². The van der Waals surface area contributed by atoms with Crippen LogP contribution in [0.4, 0.5) is 5.69 Å². The number of hydrogen-bond acceptors (Lipinski definition) is 5. The third-order valence-corrected chi connectivity index (χ3v) is 4.65. The molecule has 0 bridgehead atoms. The average molecular weight is 315 g/mol. The summed E-state index contributed by atoms with van der Waals surface area (Å²) in [6, 6.07) is 3.11. The number of nitrogens with two attached hydrogens (primary N) is 1. The van der Waals surface area contributed by atoms with Crippen molar-refractivity contribution in [1.29, 1.82) is 0 Å². The lowest BCUT2D eigenvalue weighted by atomic mass is 10.1. The minimum atomic E-state index is -3.55. The van der Waals surface area contributed by atoms with Gasteiger partial charge < -0.3 is 15.4 Å². The van der Waals surface area contributed by atoms with Gasteiger partial charge in [0.1, 0.15) is 0 Å². The van der Waals surface area contributed by atoms with Crippen LogP contribution < -0.4 is 10.5 Å². The van der Waals surface area contributed by atoms with Crippen LogP contribution >= 0.6 is 0 Å². The third-order valence-electron chi connectivity index (χ3n) is 3.21. The summed E-state index contributed by atoms with van der Waals surface area (Å²) >= 11 is 0. The molecule has 0 aliphatic rings. The van der Waals surface area contributed by atoms with E-state index < -0.39 is 10.0 Å². The average Bonchev–Trinajstić information content (AvgIpc) is 2.39. The van der Waals surface area contributed by atoms with Gasteiger partial charge in [0, 0.05) is 18.8 Å². The van der Waals surface area contributed by atoms with Crippen LogP contribution in [-0.2, 0) is 14.8 Å². The van der Waals surface area contributed by atoms with Crippen LogP contribution in [0.15, 0.2) is 17.0 Å². The molecule has 120 valence electrons. The van der Waals surface area contributed by atoms with E-state index in [9.17, 15) is 8.42 Å². The van der Waals surface area contributed by atoms with Crippen LogP contribution in [0.25, 0.3) is 0 Å². The van der Waals surface area contributed by atoms with Gasteiger partial charge in [0.05, 0.1) is 18.1 Å². The van der Waals surface area contributed by atoms with Gasteiger partial charge in [-0.1, -0.05) is 0 Å². The summed E-state index contributed by atoms with van der Waals surface area (Å²) in [5, 5.41) is 0. The Morgan fingerprint density at radius 2 is 1.90 bits per heavy atom. The minimum Gasteiger partial charge on any atom is -0.398 e. The van der Waals surface area contributed by atoms with Gasteiger partial charge >= 0.3 is 0 Å². The largest absolute Gasteiger partial charge is 0.398 e. The van der Waals surface area contributed by atoms with E-state index in [1.165, 1.54) is 6.07 Å². The van der Waals surface area contributed by atoms with Crippen molar-refractivity contribution in [2.24, 2.45) is 0 Å². The lowest BCUT2D eigenvalue weighted by Crippen LogP contribution is -2.28. The zero-order valence-electron chi connectivity index (χ0n) is 13.1. The lowest BCUT2D eigenvalue weighted by molar-refractivity contribution is 0.122. The zero-order chi connectivity index (χ0) is 16.0. The third kappa shape index (κ3) is 5.62. The summed E-state index contributed by atoms with van der Waals surface area (Å²) < 4.78 is 32.2. The van der Waals surface area contributed by atoms with E-state index in [0.717, 1.165) is 17.7 Å². The molecule has 0 fully saturated rings. The standard InChI is InChI=1S/C14H25N3O3S/c1-11-9-13(10-14(15)12(11)2)21(18,19)16-5-7-20-8-6-17(3)4/h9-10,16H,5-8,15H2,1-4H3. The molecule has 0 amide bonds. The molecular weight excluding hydrogens is 290 g/mol. The molecule has 0 saturated heterocycles. The van der Waals surface area contributed by atoms with E-state index in [-0.39, 0.29) is 11.4 Å². The number of likely N-dealkylation sites (N-methyl/N-ethyl adjacent to an activating group) is 1. The Hall–Kier alpha value is -1.15. The molecule has 0 radical (unpaired) electrons. The molecule has 0 atom stereocenters. The molecule has 21 heavy (non-hydrogen) atoms. The molecule has 0 spiro atoms. The number of aryl methyl sites for hydroxylation is 1. The van der Waals surface area contributed by atoms with Gasteiger partial charge in [-0.2, -0.15) is 0 Å². The van der Waals surface area contributed by atoms with Crippen LogP contribution in [0.3, 0.4) is 0 Å². The normalized spacial score (nSPS) is 12.0. The molecule has 0 aliphatic carbocycles. The zero-order valence-corrected chi connectivity index (χ0v) is 14.0. The fraction of sp³-hybridized carbons (Fsp3) is 0.571. The number of nitrogen functional groups attached to an aromatic ring is 1. The van der Waals surface area contributed by atoms with Crippen molar-refractivity contribution in [2.45, 2.75) is 18.7 Å². The summed E-state index contributed by atoms with van der Waals surface area (Å²) in [6.07, 6.45) is 0. The van der Waals surface area contributed by atoms with Crippen LogP contribution in [0.2, 0.25) is 0 Å². The second kappa shape index (κ2) is 7.74. The Kier molecular flexibility index (Phi) is 6.60. The molecule has 1 aromatic rings. The van der Waals surface area contributed by atoms with E-state index >= 15 is 0 Å². The van der Waals surface area contributed by atoms with Crippen molar-refractivity contribution < 1.29 is 13.2 Å². The van der Waals surface area contributed by atoms with E-state index in [0.29, 0.717) is 18.9 Å². The highest BCUT2D eigenvalue weighted by Gasteiger charge is 2.15. The van der Waals surface area contributed by atoms with Crippen LogP contribution in [0.5, 0.6) is 0 Å². The number of sulfonamides is 1. The van der Waals surface area contributed by atoms with Crippen LogP contribution in [0.1, 0.15) is 11.1 Å². The fourth-order valence-corrected chi connectivity index (χ4v) is 2.82. The Morgan fingerprint density at radius 3 is 2.48 bits per heavy atom. The molecule has 6 nitrogen and oxygen atoms in total. The number of nitrogens with one attached hydrogen (secondary N) is 1. The summed E-state index contributed by atoms with van der Waals surface area (Å²) in [7, 11) is 0.363. The quantitative estimate of drug-likeness (QED) is 0.546. The number of nitrogens with zero attached hydrogens (tertiary/aromatic N) is 1. The van der Waals surface area contributed by atoms with Crippen molar-refractivity contribution in [1.82, 2.24) is 9.62 Å². The molecule has 1 aromatic carbocycles. The van der Waals surface area contributed by atoms with Gasteiger partial charge in [0.25, 0.3) is 0 Å². The molecule has 0 aromatic heterocycles. The maximum atomic E-state index is 12.2. The molecule has 0 unspecified atom stereocenters. The van der Waals surface area contributed by atoms with E-state index in [1.54, 1.807) is 6.07 Å². The number of ether oxygens (including phenoxy) is 1. The highest BCUT2D eigenvalue weighted by molar-refractivity contribution is 7.89. The molecule has 0 aliphatic heterocycles. The summed E-state index contributed by atoms with van der Waals surface area (Å²) in [5.74, 6) is 0. The predicted octanol–water partition coefficient (Wildman–Crippen LogP) is 0.742. The minimum absolute atomic E-state index is 0.191. The van der Waals surface area contributed by atoms with Gasteiger partial charge in [-0.05, 0) is 51.2 Å². The maximum absolute atomic E-state index is 12.2. The Bertz CT molecular complexity index is 548. The predicted molar refractivity (Wildman–Crippen MR) is 84.9 cm³/mol. The van der Waals surface area contributed by atoms with Crippen molar-refractivity contribution in [2.75, 3.05) is 46.1 Å². The number of anilines is 1.